The summed E-state index contributed by atoms with van der Waals surface area (Å²) in [4.78, 5) is 24.1. The lowest BCUT2D eigenvalue weighted by atomic mass is 10.1. The van der Waals surface area contributed by atoms with Gasteiger partial charge < -0.3 is 20.9 Å². The Labute approximate surface area is 141 Å². The van der Waals surface area contributed by atoms with Crippen molar-refractivity contribution in [1.82, 2.24) is 14.9 Å². The van der Waals surface area contributed by atoms with Crippen molar-refractivity contribution in [2.24, 2.45) is 5.73 Å². The van der Waals surface area contributed by atoms with Crippen LogP contribution in [0.1, 0.15) is 11.1 Å². The Kier molecular flexibility index (Phi) is 4.90. The van der Waals surface area contributed by atoms with Crippen molar-refractivity contribution in [2.75, 3.05) is 36.9 Å². The van der Waals surface area contributed by atoms with Crippen molar-refractivity contribution in [3.05, 3.63) is 47.8 Å². The molecule has 1 aliphatic heterocycles. The number of nitrogens with two attached hydrogens (primary N) is 1. The van der Waals surface area contributed by atoms with E-state index in [0.29, 0.717) is 26.2 Å². The number of carbonyl (C=O) groups is 1. The first-order valence-electron chi connectivity index (χ1n) is 7.98. The third-order valence-electron chi connectivity index (χ3n) is 4.13. The molecule has 0 unspecified atom stereocenters. The molecule has 0 aliphatic carbocycles. The highest BCUT2D eigenvalue weighted by molar-refractivity contribution is 5.82. The molecule has 0 atom stereocenters. The van der Waals surface area contributed by atoms with E-state index in [4.69, 9.17) is 5.73 Å². The van der Waals surface area contributed by atoms with Crippen LogP contribution >= 0.6 is 0 Å². The first-order chi connectivity index (χ1) is 11.7. The Morgan fingerprint density at radius 3 is 2.83 bits per heavy atom. The van der Waals surface area contributed by atoms with Gasteiger partial charge in [0.15, 0.2) is 0 Å². The van der Waals surface area contributed by atoms with Crippen LogP contribution in [0.5, 0.6) is 0 Å². The number of anilines is 2. The number of likely N-dealkylation sites (N-methyl/N-ethyl adjacent to an activating group) is 1. The molecule has 24 heavy (non-hydrogen) atoms. The van der Waals surface area contributed by atoms with E-state index in [1.165, 1.54) is 6.33 Å². The van der Waals surface area contributed by atoms with Gasteiger partial charge in [0.1, 0.15) is 18.0 Å². The van der Waals surface area contributed by atoms with Crippen molar-refractivity contribution in [3.8, 4) is 0 Å². The Morgan fingerprint density at radius 1 is 1.21 bits per heavy atom. The van der Waals surface area contributed by atoms with Crippen LogP contribution in [0.4, 0.5) is 11.6 Å². The van der Waals surface area contributed by atoms with E-state index in [0.717, 1.165) is 29.3 Å². The van der Waals surface area contributed by atoms with Gasteiger partial charge in [-0.15, -0.1) is 0 Å². The molecule has 1 aromatic carbocycles. The van der Waals surface area contributed by atoms with E-state index in [9.17, 15) is 4.79 Å². The largest absolute Gasteiger partial charge is 0.366 e. The van der Waals surface area contributed by atoms with Crippen LogP contribution in [0.25, 0.3) is 0 Å². The molecule has 1 aromatic heterocycles. The number of benzene rings is 1. The van der Waals surface area contributed by atoms with Gasteiger partial charge in [-0.2, -0.15) is 0 Å². The highest BCUT2D eigenvalue weighted by Crippen LogP contribution is 2.17. The zero-order chi connectivity index (χ0) is 16.9. The van der Waals surface area contributed by atoms with Gasteiger partial charge in [-0.1, -0.05) is 24.3 Å². The molecule has 7 heteroatoms. The van der Waals surface area contributed by atoms with Crippen molar-refractivity contribution in [3.63, 3.8) is 0 Å². The Morgan fingerprint density at radius 2 is 2.04 bits per heavy atom. The average molecular weight is 326 g/mol. The van der Waals surface area contributed by atoms with Gasteiger partial charge in [-0.05, 0) is 11.1 Å². The van der Waals surface area contributed by atoms with Crippen molar-refractivity contribution in [1.29, 1.82) is 0 Å². The average Bonchev–Trinajstić information content (AvgIpc) is 2.63. The maximum atomic E-state index is 11.8. The van der Waals surface area contributed by atoms with Gasteiger partial charge in [0.2, 0.25) is 5.91 Å². The number of carbonyl (C=O) groups excluding carboxylic acids is 1. The Bertz CT molecular complexity index is 720. The summed E-state index contributed by atoms with van der Waals surface area (Å²) in [5, 5.41) is 3.30. The molecule has 0 radical (unpaired) electrons. The molecule has 2 heterocycles. The number of hydrogen-bond acceptors (Lipinski definition) is 6. The zero-order valence-corrected chi connectivity index (χ0v) is 13.8. The van der Waals surface area contributed by atoms with Crippen LogP contribution in [0.2, 0.25) is 0 Å². The summed E-state index contributed by atoms with van der Waals surface area (Å²) in [6.07, 6.45) is 1.52. The van der Waals surface area contributed by atoms with Crippen LogP contribution < -0.4 is 16.0 Å². The number of nitrogens with zero attached hydrogens (tertiary/aromatic N) is 4. The predicted octanol–water partition coefficient (Wildman–Crippen LogP) is 0.826. The maximum Gasteiger partial charge on any atom is 0.241 e. The zero-order valence-electron chi connectivity index (χ0n) is 13.8. The molecule has 3 rings (SSSR count). The van der Waals surface area contributed by atoms with Crippen LogP contribution in [0.15, 0.2) is 36.7 Å². The number of hydrogen-bond donors (Lipinski definition) is 2. The van der Waals surface area contributed by atoms with Gasteiger partial charge >= 0.3 is 0 Å². The number of piperazine rings is 1. The van der Waals surface area contributed by atoms with Crippen LogP contribution in [0, 0.1) is 0 Å². The third-order valence-corrected chi connectivity index (χ3v) is 4.13. The predicted molar refractivity (Wildman–Crippen MR) is 93.5 cm³/mol. The third kappa shape index (κ3) is 3.80. The number of rotatable bonds is 5. The summed E-state index contributed by atoms with van der Waals surface area (Å²) in [6, 6.07) is 10.0. The SMILES string of the molecule is CN1CCN(c2cc(NCc3cccc(CN)c3)ncn2)CC1=O. The molecule has 0 saturated carbocycles. The lowest BCUT2D eigenvalue weighted by Crippen LogP contribution is -2.48. The number of amides is 1. The fourth-order valence-corrected chi connectivity index (χ4v) is 2.63. The van der Waals surface area contributed by atoms with Gasteiger partial charge in [0.25, 0.3) is 0 Å². The first kappa shape index (κ1) is 16.2. The lowest BCUT2D eigenvalue weighted by Gasteiger charge is -2.32. The van der Waals surface area contributed by atoms with Gasteiger partial charge in [-0.3, -0.25) is 4.79 Å². The van der Waals surface area contributed by atoms with Crippen molar-refractivity contribution >= 4 is 17.5 Å². The fraction of sp³-hybridized carbons (Fsp3) is 0.353. The molecule has 1 amide bonds. The molecular formula is C17H22N6O. The number of aromatic nitrogens is 2. The molecule has 0 bridgehead atoms. The summed E-state index contributed by atoms with van der Waals surface area (Å²) in [6.45, 7) is 3.02. The molecule has 0 spiro atoms. The molecule has 126 valence electrons. The first-order valence-corrected chi connectivity index (χ1v) is 7.98. The highest BCUT2D eigenvalue weighted by Gasteiger charge is 2.22. The highest BCUT2D eigenvalue weighted by atomic mass is 16.2. The maximum absolute atomic E-state index is 11.8. The van der Waals surface area contributed by atoms with Gasteiger partial charge in [0, 0.05) is 39.3 Å². The lowest BCUT2D eigenvalue weighted by molar-refractivity contribution is -0.129. The smallest absolute Gasteiger partial charge is 0.241 e. The molecular weight excluding hydrogens is 304 g/mol. The van der Waals surface area contributed by atoms with E-state index >= 15 is 0 Å². The van der Waals surface area contributed by atoms with Crippen LogP contribution in [0.3, 0.4) is 0 Å². The minimum atomic E-state index is 0.105. The molecule has 1 fully saturated rings. The van der Waals surface area contributed by atoms with E-state index in [1.54, 1.807) is 4.90 Å². The molecule has 7 nitrogen and oxygen atoms in total. The monoisotopic (exact) mass is 326 g/mol. The second kappa shape index (κ2) is 7.27. The Balaban J connectivity index is 1.66. The Hall–Kier alpha value is -2.67. The second-order valence-corrected chi connectivity index (χ2v) is 5.88. The van der Waals surface area contributed by atoms with Crippen LogP contribution in [-0.2, 0) is 17.9 Å². The fourth-order valence-electron chi connectivity index (χ4n) is 2.63. The normalized spacial score (nSPS) is 14.8. The van der Waals surface area contributed by atoms with Gasteiger partial charge in [0.05, 0.1) is 6.54 Å². The molecule has 1 aliphatic rings. The molecule has 2 aromatic rings. The summed E-state index contributed by atoms with van der Waals surface area (Å²) in [7, 11) is 1.82. The van der Waals surface area contributed by atoms with Crippen molar-refractivity contribution < 1.29 is 4.79 Å². The summed E-state index contributed by atoms with van der Waals surface area (Å²) in [5.74, 6) is 1.61. The minimum Gasteiger partial charge on any atom is -0.366 e. The van der Waals surface area contributed by atoms with Crippen LogP contribution in [-0.4, -0.2) is 47.5 Å². The molecule has 1 saturated heterocycles. The standard InChI is InChI=1S/C17H22N6O/c1-22-5-6-23(11-17(22)24)16-8-15(20-12-21-16)19-10-14-4-2-3-13(7-14)9-18/h2-4,7-8,12H,5-6,9-11,18H2,1H3,(H,19,20,21). The van der Waals surface area contributed by atoms with E-state index in [1.807, 2.05) is 36.2 Å². The van der Waals surface area contributed by atoms with Gasteiger partial charge in [-0.25, -0.2) is 9.97 Å². The quantitative estimate of drug-likeness (QED) is 0.846. The molecule has 3 N–H and O–H groups in total. The van der Waals surface area contributed by atoms with E-state index < -0.39 is 0 Å². The van der Waals surface area contributed by atoms with E-state index in [-0.39, 0.29) is 5.91 Å². The number of nitrogens with one attached hydrogen (secondary N) is 1. The summed E-state index contributed by atoms with van der Waals surface area (Å²) >= 11 is 0. The topological polar surface area (TPSA) is 87.4 Å². The second-order valence-electron chi connectivity index (χ2n) is 5.88. The van der Waals surface area contributed by atoms with E-state index in [2.05, 4.69) is 21.4 Å². The van der Waals surface area contributed by atoms with Crippen molar-refractivity contribution in [2.45, 2.75) is 13.1 Å². The minimum absolute atomic E-state index is 0.105. The summed E-state index contributed by atoms with van der Waals surface area (Å²) in [5.41, 5.74) is 7.92. The summed E-state index contributed by atoms with van der Waals surface area (Å²) < 4.78 is 0.